The van der Waals surface area contributed by atoms with E-state index < -0.39 is 24.8 Å². The van der Waals surface area contributed by atoms with Gasteiger partial charge in [0.15, 0.2) is 0 Å². The maximum Gasteiger partial charge on any atom is 0.411 e. The molecule has 1 unspecified atom stereocenters. The van der Waals surface area contributed by atoms with Crippen LogP contribution in [0.3, 0.4) is 0 Å². The normalized spacial score (nSPS) is 13.2. The minimum Gasteiger partial charge on any atom is -0.359 e. The predicted octanol–water partition coefficient (Wildman–Crippen LogP) is 1.99. The summed E-state index contributed by atoms with van der Waals surface area (Å²) >= 11 is 0. The van der Waals surface area contributed by atoms with Gasteiger partial charge in [0.05, 0.1) is 0 Å². The molecule has 1 atom stereocenters. The van der Waals surface area contributed by atoms with Gasteiger partial charge in [0.2, 0.25) is 0 Å². The lowest BCUT2D eigenvalue weighted by Crippen LogP contribution is -2.31. The molecule has 0 aliphatic rings. The number of nitrogens with one attached hydrogen (secondary N) is 1. The van der Waals surface area contributed by atoms with Crippen molar-refractivity contribution in [2.45, 2.75) is 19.2 Å². The van der Waals surface area contributed by atoms with Crippen molar-refractivity contribution in [2.24, 2.45) is 0 Å². The lowest BCUT2D eigenvalue weighted by molar-refractivity contribution is -0.184. The van der Waals surface area contributed by atoms with Crippen LogP contribution in [-0.4, -0.2) is 29.8 Å². The fraction of sp³-hybridized carbons (Fsp3) is 0.400. The highest BCUT2D eigenvalue weighted by Crippen LogP contribution is 2.15. The van der Waals surface area contributed by atoms with Crippen LogP contribution in [0.2, 0.25) is 0 Å². The van der Waals surface area contributed by atoms with Gasteiger partial charge in [-0.3, -0.25) is 4.79 Å². The second kappa shape index (κ2) is 5.62. The maximum absolute atomic E-state index is 11.8. The molecular weight excluding hydrogens is 237 g/mol. The van der Waals surface area contributed by atoms with Crippen LogP contribution in [0.15, 0.2) is 24.4 Å². The van der Waals surface area contributed by atoms with Gasteiger partial charge in [0, 0.05) is 6.20 Å². The van der Waals surface area contributed by atoms with Crippen molar-refractivity contribution in [3.8, 4) is 0 Å². The molecule has 17 heavy (non-hydrogen) atoms. The molecule has 0 aliphatic carbocycles. The lowest BCUT2D eigenvalue weighted by Gasteiger charge is -2.14. The average molecular weight is 248 g/mol. The molecule has 0 aromatic carbocycles. The Balaban J connectivity index is 2.43. The van der Waals surface area contributed by atoms with Gasteiger partial charge in [-0.05, 0) is 19.1 Å². The maximum atomic E-state index is 11.8. The molecule has 1 N–H and O–H groups in total. The number of nitrogens with zero attached hydrogens (tertiary/aromatic N) is 1. The number of ether oxygens (including phenoxy) is 1. The summed E-state index contributed by atoms with van der Waals surface area (Å²) in [5, 5.41) is 2.34. The molecule has 0 bridgehead atoms. The van der Waals surface area contributed by atoms with Crippen LogP contribution in [0.1, 0.15) is 6.92 Å². The summed E-state index contributed by atoms with van der Waals surface area (Å²) in [6.07, 6.45) is -4.19. The third-order valence-corrected chi connectivity index (χ3v) is 1.78. The third kappa shape index (κ3) is 5.30. The molecule has 0 saturated heterocycles. The smallest absolute Gasteiger partial charge is 0.359 e. The number of alkyl halides is 3. The molecule has 0 fully saturated rings. The van der Waals surface area contributed by atoms with Crippen LogP contribution in [0.5, 0.6) is 0 Å². The van der Waals surface area contributed by atoms with E-state index in [2.05, 4.69) is 15.0 Å². The Morgan fingerprint density at radius 1 is 1.53 bits per heavy atom. The van der Waals surface area contributed by atoms with E-state index in [1.165, 1.54) is 19.2 Å². The number of rotatable bonds is 4. The van der Waals surface area contributed by atoms with Gasteiger partial charge in [0.1, 0.15) is 18.5 Å². The van der Waals surface area contributed by atoms with Crippen molar-refractivity contribution in [3.05, 3.63) is 24.4 Å². The van der Waals surface area contributed by atoms with Gasteiger partial charge < -0.3 is 10.1 Å². The van der Waals surface area contributed by atoms with E-state index in [1.54, 1.807) is 12.1 Å². The summed E-state index contributed by atoms with van der Waals surface area (Å²) in [5.41, 5.74) is 0. The number of carbonyl (C=O) groups is 1. The molecule has 1 heterocycles. The molecule has 0 saturated carbocycles. The highest BCUT2D eigenvalue weighted by molar-refractivity contribution is 5.92. The van der Waals surface area contributed by atoms with Crippen LogP contribution < -0.4 is 5.32 Å². The molecule has 1 aromatic rings. The Kier molecular flexibility index (Phi) is 4.45. The number of halogens is 3. The second-order valence-electron chi connectivity index (χ2n) is 3.27. The summed E-state index contributed by atoms with van der Waals surface area (Å²) in [7, 11) is 0. The summed E-state index contributed by atoms with van der Waals surface area (Å²) in [6, 6.07) is 4.82. The SMILES string of the molecule is CC(OCC(F)(F)F)C(=O)Nc1ccccn1. The largest absolute Gasteiger partial charge is 0.411 e. The number of hydrogen-bond donors (Lipinski definition) is 1. The van der Waals surface area contributed by atoms with Crippen molar-refractivity contribution in [1.29, 1.82) is 0 Å². The zero-order valence-corrected chi connectivity index (χ0v) is 8.99. The molecule has 4 nitrogen and oxygen atoms in total. The van der Waals surface area contributed by atoms with E-state index in [1.807, 2.05) is 0 Å². The first-order chi connectivity index (χ1) is 7.88. The molecule has 0 radical (unpaired) electrons. The van der Waals surface area contributed by atoms with E-state index in [4.69, 9.17) is 0 Å². The quantitative estimate of drug-likeness (QED) is 0.886. The van der Waals surface area contributed by atoms with E-state index in [0.29, 0.717) is 0 Å². The van der Waals surface area contributed by atoms with Crippen molar-refractivity contribution in [2.75, 3.05) is 11.9 Å². The van der Waals surface area contributed by atoms with Crippen LogP contribution in [0.25, 0.3) is 0 Å². The zero-order valence-electron chi connectivity index (χ0n) is 8.99. The number of aromatic nitrogens is 1. The fourth-order valence-corrected chi connectivity index (χ4v) is 0.960. The number of pyridine rings is 1. The molecule has 7 heteroatoms. The van der Waals surface area contributed by atoms with E-state index >= 15 is 0 Å². The van der Waals surface area contributed by atoms with Gasteiger partial charge in [-0.25, -0.2) is 4.98 Å². The van der Waals surface area contributed by atoms with Crippen molar-refractivity contribution in [1.82, 2.24) is 4.98 Å². The zero-order chi connectivity index (χ0) is 12.9. The van der Waals surface area contributed by atoms with Gasteiger partial charge >= 0.3 is 6.18 Å². The van der Waals surface area contributed by atoms with Crippen LogP contribution in [0, 0.1) is 0 Å². The number of carbonyl (C=O) groups excluding carboxylic acids is 1. The van der Waals surface area contributed by atoms with Gasteiger partial charge in [0.25, 0.3) is 5.91 Å². The topological polar surface area (TPSA) is 51.2 Å². The minimum absolute atomic E-state index is 0.264. The summed E-state index contributed by atoms with van der Waals surface area (Å²) < 4.78 is 39.9. The molecule has 1 aromatic heterocycles. The Labute approximate surface area is 95.8 Å². The van der Waals surface area contributed by atoms with Crippen LogP contribution in [0.4, 0.5) is 19.0 Å². The molecule has 1 amide bonds. The number of amides is 1. The summed E-state index contributed by atoms with van der Waals surface area (Å²) in [6.45, 7) is -0.214. The van der Waals surface area contributed by atoms with Gasteiger partial charge in [-0.2, -0.15) is 13.2 Å². The van der Waals surface area contributed by atoms with Crippen molar-refractivity contribution < 1.29 is 22.7 Å². The van der Waals surface area contributed by atoms with E-state index in [9.17, 15) is 18.0 Å². The van der Waals surface area contributed by atoms with Crippen LogP contribution >= 0.6 is 0 Å². The Morgan fingerprint density at radius 2 is 2.24 bits per heavy atom. The number of hydrogen-bond acceptors (Lipinski definition) is 3. The van der Waals surface area contributed by atoms with Crippen molar-refractivity contribution in [3.63, 3.8) is 0 Å². The molecular formula is C10H11F3N2O2. The highest BCUT2D eigenvalue weighted by atomic mass is 19.4. The molecule has 0 aliphatic heterocycles. The third-order valence-electron chi connectivity index (χ3n) is 1.78. The van der Waals surface area contributed by atoms with Gasteiger partial charge in [-0.15, -0.1) is 0 Å². The Morgan fingerprint density at radius 3 is 2.76 bits per heavy atom. The monoisotopic (exact) mass is 248 g/mol. The predicted molar refractivity (Wildman–Crippen MR) is 54.3 cm³/mol. The summed E-state index contributed by atoms with van der Waals surface area (Å²) in [5.74, 6) is -0.409. The number of anilines is 1. The van der Waals surface area contributed by atoms with E-state index in [0.717, 1.165) is 0 Å². The Bertz CT molecular complexity index is 368. The second-order valence-corrected chi connectivity index (χ2v) is 3.27. The highest BCUT2D eigenvalue weighted by Gasteiger charge is 2.29. The lowest BCUT2D eigenvalue weighted by atomic mass is 10.3. The molecule has 0 spiro atoms. The van der Waals surface area contributed by atoms with Crippen LogP contribution in [-0.2, 0) is 9.53 Å². The van der Waals surface area contributed by atoms with Gasteiger partial charge in [-0.1, -0.05) is 6.07 Å². The standard InChI is InChI=1S/C10H11F3N2O2/c1-7(17-6-10(11,12)13)9(16)15-8-4-2-3-5-14-8/h2-5,7H,6H2,1H3,(H,14,15,16). The summed E-state index contributed by atoms with van der Waals surface area (Å²) in [4.78, 5) is 15.2. The van der Waals surface area contributed by atoms with E-state index in [-0.39, 0.29) is 5.82 Å². The average Bonchev–Trinajstić information content (AvgIpc) is 2.26. The molecule has 94 valence electrons. The Hall–Kier alpha value is -1.63. The molecule has 1 rings (SSSR count). The first-order valence-corrected chi connectivity index (χ1v) is 4.79. The van der Waals surface area contributed by atoms with Crippen molar-refractivity contribution >= 4 is 11.7 Å². The minimum atomic E-state index is -4.44. The first-order valence-electron chi connectivity index (χ1n) is 4.79. The fourth-order valence-electron chi connectivity index (χ4n) is 0.960. The first kappa shape index (κ1) is 13.4.